The van der Waals surface area contributed by atoms with Crippen molar-refractivity contribution in [2.45, 2.75) is 19.8 Å². The largest absolute Gasteiger partial charge is 0.497 e. The highest BCUT2D eigenvalue weighted by molar-refractivity contribution is 5.95. The number of carbonyl (C=O) groups is 2. The number of nitrogens with zero attached hydrogens (tertiary/aromatic N) is 1. The van der Waals surface area contributed by atoms with E-state index in [1.165, 1.54) is 0 Å². The van der Waals surface area contributed by atoms with Gasteiger partial charge in [-0.1, -0.05) is 32.0 Å². The predicted octanol–water partition coefficient (Wildman–Crippen LogP) is 3.33. The average molecular weight is 411 g/mol. The molecule has 1 aliphatic heterocycles. The Morgan fingerprint density at radius 2 is 1.80 bits per heavy atom. The first-order valence-electron chi connectivity index (χ1n) is 10.3. The zero-order valence-electron chi connectivity index (χ0n) is 18.1. The summed E-state index contributed by atoms with van der Waals surface area (Å²) in [6.45, 7) is 5.52. The summed E-state index contributed by atoms with van der Waals surface area (Å²) in [5.74, 6) is 1.08. The van der Waals surface area contributed by atoms with Gasteiger partial charge in [0.25, 0.3) is 5.91 Å². The molecule has 2 aromatic carbocycles. The number of carbonyl (C=O) groups excluding carboxylic acids is 2. The van der Waals surface area contributed by atoms with Crippen LogP contribution in [0.5, 0.6) is 11.5 Å². The lowest BCUT2D eigenvalue weighted by atomic mass is 9.87. The molecule has 1 fully saturated rings. The number of hydrogen-bond donors (Lipinski definition) is 1. The zero-order valence-corrected chi connectivity index (χ0v) is 18.1. The van der Waals surface area contributed by atoms with Gasteiger partial charge in [-0.2, -0.15) is 0 Å². The zero-order chi connectivity index (χ0) is 21.7. The van der Waals surface area contributed by atoms with Crippen LogP contribution in [0.1, 0.15) is 35.7 Å². The van der Waals surface area contributed by atoms with Crippen LogP contribution in [-0.4, -0.2) is 50.6 Å². The second-order valence-corrected chi connectivity index (χ2v) is 8.04. The first-order chi connectivity index (χ1) is 14.4. The summed E-state index contributed by atoms with van der Waals surface area (Å²) in [4.78, 5) is 27.9. The summed E-state index contributed by atoms with van der Waals surface area (Å²) in [6, 6.07) is 14.8. The van der Waals surface area contributed by atoms with E-state index < -0.39 is 0 Å². The van der Waals surface area contributed by atoms with E-state index in [2.05, 4.69) is 19.2 Å². The molecule has 160 valence electrons. The van der Waals surface area contributed by atoms with Crippen molar-refractivity contribution in [3.8, 4) is 11.5 Å². The van der Waals surface area contributed by atoms with Crippen LogP contribution in [0.3, 0.4) is 0 Å². The molecule has 6 nitrogen and oxygen atoms in total. The van der Waals surface area contributed by atoms with Crippen molar-refractivity contribution in [2.75, 3.05) is 33.9 Å². The standard InChI is InChI=1S/C24H30N2O4/c1-16(2)13-25-23(27)21-15-26(24(28)17-8-6-5-7-9-17)14-20(21)19-12-18(29-3)10-11-22(19)30-4/h5-12,16,20-21H,13-15H2,1-4H3,(H,25,27)/t20-,21-/m1/s1. The lowest BCUT2D eigenvalue weighted by molar-refractivity contribution is -0.125. The van der Waals surface area contributed by atoms with Crippen molar-refractivity contribution in [1.29, 1.82) is 0 Å². The van der Waals surface area contributed by atoms with Gasteiger partial charge < -0.3 is 19.7 Å². The van der Waals surface area contributed by atoms with Crippen molar-refractivity contribution in [1.82, 2.24) is 10.2 Å². The van der Waals surface area contributed by atoms with Gasteiger partial charge in [-0.3, -0.25) is 9.59 Å². The van der Waals surface area contributed by atoms with Crippen LogP contribution < -0.4 is 14.8 Å². The summed E-state index contributed by atoms with van der Waals surface area (Å²) in [7, 11) is 3.22. The van der Waals surface area contributed by atoms with Crippen molar-refractivity contribution in [2.24, 2.45) is 11.8 Å². The molecule has 2 aromatic rings. The predicted molar refractivity (Wildman–Crippen MR) is 116 cm³/mol. The normalized spacial score (nSPS) is 18.4. The highest BCUT2D eigenvalue weighted by Crippen LogP contribution is 2.40. The molecule has 1 saturated heterocycles. The molecule has 0 aliphatic carbocycles. The van der Waals surface area contributed by atoms with Crippen LogP contribution in [0, 0.1) is 11.8 Å². The monoisotopic (exact) mass is 410 g/mol. The minimum atomic E-state index is -0.364. The number of likely N-dealkylation sites (tertiary alicyclic amines) is 1. The van der Waals surface area contributed by atoms with E-state index in [0.29, 0.717) is 42.6 Å². The smallest absolute Gasteiger partial charge is 0.253 e. The minimum absolute atomic E-state index is 0.0399. The molecule has 0 aromatic heterocycles. The summed E-state index contributed by atoms with van der Waals surface area (Å²) in [5, 5.41) is 3.04. The summed E-state index contributed by atoms with van der Waals surface area (Å²) >= 11 is 0. The summed E-state index contributed by atoms with van der Waals surface area (Å²) in [5.41, 5.74) is 1.50. The summed E-state index contributed by atoms with van der Waals surface area (Å²) < 4.78 is 11.0. The van der Waals surface area contributed by atoms with E-state index in [9.17, 15) is 9.59 Å². The van der Waals surface area contributed by atoms with Crippen molar-refractivity contribution < 1.29 is 19.1 Å². The fourth-order valence-electron chi connectivity index (χ4n) is 3.88. The van der Waals surface area contributed by atoms with Crippen molar-refractivity contribution >= 4 is 11.8 Å². The van der Waals surface area contributed by atoms with Crippen molar-refractivity contribution in [3.63, 3.8) is 0 Å². The van der Waals surface area contributed by atoms with Crippen LogP contribution in [0.4, 0.5) is 0 Å². The highest BCUT2D eigenvalue weighted by atomic mass is 16.5. The number of nitrogens with one attached hydrogen (secondary N) is 1. The maximum atomic E-state index is 13.1. The molecular weight excluding hydrogens is 380 g/mol. The van der Waals surface area contributed by atoms with E-state index >= 15 is 0 Å². The van der Waals surface area contributed by atoms with Crippen LogP contribution in [-0.2, 0) is 4.79 Å². The Bertz CT molecular complexity index is 882. The lowest BCUT2D eigenvalue weighted by Crippen LogP contribution is -2.37. The quantitative estimate of drug-likeness (QED) is 0.760. The second-order valence-electron chi connectivity index (χ2n) is 8.04. The van der Waals surface area contributed by atoms with Gasteiger partial charge in [0.15, 0.2) is 0 Å². The summed E-state index contributed by atoms with van der Waals surface area (Å²) in [6.07, 6.45) is 0. The molecule has 0 bridgehead atoms. The third kappa shape index (κ3) is 4.75. The fourth-order valence-corrected chi connectivity index (χ4v) is 3.88. The Morgan fingerprint density at radius 1 is 1.07 bits per heavy atom. The molecule has 6 heteroatoms. The number of hydrogen-bond acceptors (Lipinski definition) is 4. The maximum absolute atomic E-state index is 13.1. The van der Waals surface area contributed by atoms with Gasteiger partial charge in [0.05, 0.1) is 20.1 Å². The van der Waals surface area contributed by atoms with Crippen LogP contribution in [0.15, 0.2) is 48.5 Å². The van der Waals surface area contributed by atoms with Gasteiger partial charge in [0.2, 0.25) is 5.91 Å². The van der Waals surface area contributed by atoms with E-state index in [0.717, 1.165) is 5.56 Å². The molecule has 1 heterocycles. The number of ether oxygens (including phenoxy) is 2. The number of methoxy groups -OCH3 is 2. The molecule has 3 rings (SSSR count). The van der Waals surface area contributed by atoms with E-state index in [-0.39, 0.29) is 23.7 Å². The lowest BCUT2D eigenvalue weighted by Gasteiger charge is -2.21. The molecule has 0 radical (unpaired) electrons. The molecule has 1 aliphatic rings. The molecule has 2 amide bonds. The third-order valence-corrected chi connectivity index (χ3v) is 5.49. The molecule has 0 unspecified atom stereocenters. The number of rotatable bonds is 7. The number of amides is 2. The molecule has 2 atom stereocenters. The second kappa shape index (κ2) is 9.65. The topological polar surface area (TPSA) is 67.9 Å². The van der Waals surface area contributed by atoms with E-state index in [4.69, 9.17) is 9.47 Å². The first kappa shape index (κ1) is 21.7. The Hall–Kier alpha value is -3.02. The van der Waals surface area contributed by atoms with Gasteiger partial charge >= 0.3 is 0 Å². The van der Waals surface area contributed by atoms with Gasteiger partial charge in [-0.05, 0) is 36.2 Å². The highest BCUT2D eigenvalue weighted by Gasteiger charge is 2.41. The van der Waals surface area contributed by atoms with Gasteiger partial charge in [-0.25, -0.2) is 0 Å². The Balaban J connectivity index is 1.93. The SMILES string of the molecule is COc1ccc(OC)c([C@H]2CN(C(=O)c3ccccc3)C[C@H]2C(=O)NCC(C)C)c1. The van der Waals surface area contributed by atoms with E-state index in [1.54, 1.807) is 31.3 Å². The van der Waals surface area contributed by atoms with Gasteiger partial charge in [-0.15, -0.1) is 0 Å². The number of benzene rings is 2. The maximum Gasteiger partial charge on any atom is 0.253 e. The molecule has 0 saturated carbocycles. The molecular formula is C24H30N2O4. The molecule has 0 spiro atoms. The van der Waals surface area contributed by atoms with Crippen molar-refractivity contribution in [3.05, 3.63) is 59.7 Å². The van der Waals surface area contributed by atoms with Gasteiger partial charge in [0, 0.05) is 36.7 Å². The molecule has 30 heavy (non-hydrogen) atoms. The van der Waals surface area contributed by atoms with Gasteiger partial charge in [0.1, 0.15) is 11.5 Å². The third-order valence-electron chi connectivity index (χ3n) is 5.49. The fraction of sp³-hybridized carbons (Fsp3) is 0.417. The Kier molecular flexibility index (Phi) is 6.98. The average Bonchev–Trinajstić information content (AvgIpc) is 3.22. The van der Waals surface area contributed by atoms with E-state index in [1.807, 2.05) is 36.4 Å². The van der Waals surface area contributed by atoms with Crippen LogP contribution >= 0.6 is 0 Å². The Labute approximate surface area is 178 Å². The molecule has 1 N–H and O–H groups in total. The first-order valence-corrected chi connectivity index (χ1v) is 10.3. The Morgan fingerprint density at radius 3 is 2.43 bits per heavy atom. The van der Waals surface area contributed by atoms with Crippen LogP contribution in [0.25, 0.3) is 0 Å². The minimum Gasteiger partial charge on any atom is -0.497 e. The van der Waals surface area contributed by atoms with Crippen LogP contribution in [0.2, 0.25) is 0 Å².